The summed E-state index contributed by atoms with van der Waals surface area (Å²) < 4.78 is 0. The van der Waals surface area contributed by atoms with Crippen molar-refractivity contribution in [3.8, 4) is 0 Å². The van der Waals surface area contributed by atoms with Crippen molar-refractivity contribution in [1.82, 2.24) is 0 Å². The molecule has 0 saturated heterocycles. The van der Waals surface area contributed by atoms with E-state index in [0.717, 1.165) is 21.4 Å². The first-order valence-electron chi connectivity index (χ1n) is 8.36. The zero-order valence-electron chi connectivity index (χ0n) is 14.5. The van der Waals surface area contributed by atoms with Crippen molar-refractivity contribution in [1.29, 1.82) is 0 Å². The number of rotatable bonds is 3. The number of nitrogens with zero attached hydrogens (tertiary/aromatic N) is 1. The molecular formula is C22H17NO2S. The second-order valence-corrected chi connectivity index (χ2v) is 7.26. The highest BCUT2D eigenvalue weighted by Crippen LogP contribution is 2.49. The van der Waals surface area contributed by atoms with Gasteiger partial charge in [-0.15, -0.1) is 0 Å². The van der Waals surface area contributed by atoms with Crippen LogP contribution in [-0.4, -0.2) is 18.6 Å². The van der Waals surface area contributed by atoms with Crippen LogP contribution in [0.1, 0.15) is 17.3 Å². The summed E-state index contributed by atoms with van der Waals surface area (Å²) >= 11 is 1.48. The average Bonchev–Trinajstić information content (AvgIpc) is 2.99. The van der Waals surface area contributed by atoms with Gasteiger partial charge in [0.15, 0.2) is 11.6 Å². The van der Waals surface area contributed by atoms with Crippen LogP contribution in [-0.2, 0) is 4.79 Å². The Bertz CT molecular complexity index is 1070. The summed E-state index contributed by atoms with van der Waals surface area (Å²) in [5.41, 5.74) is 1.81. The van der Waals surface area contributed by atoms with E-state index in [2.05, 4.69) is 24.3 Å². The van der Waals surface area contributed by atoms with Crippen molar-refractivity contribution in [2.24, 2.45) is 0 Å². The molecule has 0 aliphatic carbocycles. The molecule has 3 nitrogen and oxygen atoms in total. The molecule has 26 heavy (non-hydrogen) atoms. The summed E-state index contributed by atoms with van der Waals surface area (Å²) in [6.07, 6.45) is 0. The fourth-order valence-corrected chi connectivity index (χ4v) is 4.55. The molecule has 0 aromatic heterocycles. The topological polar surface area (TPSA) is 37.4 Å². The van der Waals surface area contributed by atoms with Crippen molar-refractivity contribution in [2.75, 3.05) is 11.9 Å². The van der Waals surface area contributed by atoms with Gasteiger partial charge >= 0.3 is 0 Å². The van der Waals surface area contributed by atoms with E-state index in [0.29, 0.717) is 10.6 Å². The average molecular weight is 359 g/mol. The molecule has 3 aromatic carbocycles. The van der Waals surface area contributed by atoms with Gasteiger partial charge in [0.25, 0.3) is 0 Å². The van der Waals surface area contributed by atoms with Crippen LogP contribution in [0.2, 0.25) is 0 Å². The lowest BCUT2D eigenvalue weighted by molar-refractivity contribution is -0.113. The number of carbonyl (C=O) groups excluding carboxylic acids is 2. The van der Waals surface area contributed by atoms with E-state index in [1.54, 1.807) is 12.1 Å². The minimum absolute atomic E-state index is 0.217. The van der Waals surface area contributed by atoms with Gasteiger partial charge in [-0.1, -0.05) is 72.4 Å². The molecule has 1 heterocycles. The Morgan fingerprint density at radius 1 is 0.885 bits per heavy atom. The Morgan fingerprint density at radius 2 is 1.58 bits per heavy atom. The van der Waals surface area contributed by atoms with Gasteiger partial charge in [0, 0.05) is 22.9 Å². The van der Waals surface area contributed by atoms with Crippen LogP contribution in [0.3, 0.4) is 0 Å². The van der Waals surface area contributed by atoms with Gasteiger partial charge in [0.05, 0.1) is 16.3 Å². The number of ketones is 2. The molecule has 0 N–H and O–H groups in total. The highest BCUT2D eigenvalue weighted by molar-refractivity contribution is 8.03. The summed E-state index contributed by atoms with van der Waals surface area (Å²) in [6.45, 7) is 1.46. The first-order valence-corrected chi connectivity index (χ1v) is 9.18. The van der Waals surface area contributed by atoms with Crippen molar-refractivity contribution in [2.45, 2.75) is 11.8 Å². The maximum atomic E-state index is 13.0. The first-order chi connectivity index (χ1) is 12.6. The number of allylic oxidation sites excluding steroid dienone is 1. The Hall–Kier alpha value is -2.85. The number of thioether (sulfide) groups is 1. The molecule has 128 valence electrons. The van der Waals surface area contributed by atoms with E-state index in [9.17, 15) is 9.59 Å². The molecule has 4 heteroatoms. The second kappa shape index (κ2) is 6.46. The first kappa shape index (κ1) is 16.6. The number of hydrogen-bond donors (Lipinski definition) is 0. The standard InChI is InChI=1S/C22H17NO2S/c1-14(24)19(21(25)16-9-4-3-5-10-16)22-23(2)20-17-11-7-6-8-15(17)12-13-18(20)26-22/h3-13H,1-2H3. The molecule has 3 aromatic rings. The lowest BCUT2D eigenvalue weighted by Gasteiger charge is -2.18. The minimum Gasteiger partial charge on any atom is -0.337 e. The van der Waals surface area contributed by atoms with Gasteiger partial charge in [-0.3, -0.25) is 9.59 Å². The van der Waals surface area contributed by atoms with Crippen molar-refractivity contribution < 1.29 is 9.59 Å². The van der Waals surface area contributed by atoms with Gasteiger partial charge in [-0.2, -0.15) is 0 Å². The van der Waals surface area contributed by atoms with E-state index >= 15 is 0 Å². The fourth-order valence-electron chi connectivity index (χ4n) is 3.30. The molecule has 0 bridgehead atoms. The number of fused-ring (bicyclic) bond motifs is 3. The van der Waals surface area contributed by atoms with Crippen LogP contribution in [0.15, 0.2) is 82.2 Å². The quantitative estimate of drug-likeness (QED) is 0.283. The van der Waals surface area contributed by atoms with Gasteiger partial charge in [0.1, 0.15) is 0 Å². The number of hydrogen-bond acceptors (Lipinski definition) is 4. The normalized spacial score (nSPS) is 15.1. The molecule has 0 unspecified atom stereocenters. The van der Waals surface area contributed by atoms with E-state index in [4.69, 9.17) is 0 Å². The highest BCUT2D eigenvalue weighted by atomic mass is 32.2. The Kier molecular flexibility index (Phi) is 4.13. The zero-order valence-corrected chi connectivity index (χ0v) is 15.3. The molecule has 0 atom stereocenters. The maximum Gasteiger partial charge on any atom is 0.199 e. The minimum atomic E-state index is -0.232. The summed E-state index contributed by atoms with van der Waals surface area (Å²) in [5, 5.41) is 2.95. The zero-order chi connectivity index (χ0) is 18.3. The monoisotopic (exact) mass is 359 g/mol. The number of carbonyl (C=O) groups is 2. The largest absolute Gasteiger partial charge is 0.337 e. The molecule has 1 aliphatic rings. The predicted octanol–water partition coefficient (Wildman–Crippen LogP) is 5.07. The van der Waals surface area contributed by atoms with Crippen molar-refractivity contribution >= 4 is 39.8 Å². The van der Waals surface area contributed by atoms with Crippen LogP contribution >= 0.6 is 11.8 Å². The fraction of sp³-hybridized carbons (Fsp3) is 0.0909. The second-order valence-electron chi connectivity index (χ2n) is 6.23. The third-order valence-electron chi connectivity index (χ3n) is 4.54. The van der Waals surface area contributed by atoms with Gasteiger partial charge in [-0.25, -0.2) is 0 Å². The molecule has 0 amide bonds. The third kappa shape index (κ3) is 2.63. The molecular weight excluding hydrogens is 342 g/mol. The van der Waals surface area contributed by atoms with Crippen molar-refractivity contribution in [3.05, 3.63) is 82.9 Å². The van der Waals surface area contributed by atoms with Gasteiger partial charge < -0.3 is 4.90 Å². The molecule has 0 spiro atoms. The Balaban J connectivity index is 1.89. The smallest absolute Gasteiger partial charge is 0.199 e. The van der Waals surface area contributed by atoms with Crippen LogP contribution in [0, 0.1) is 0 Å². The summed E-state index contributed by atoms with van der Waals surface area (Å²) in [7, 11) is 1.92. The molecule has 0 fully saturated rings. The molecule has 0 saturated carbocycles. The number of benzene rings is 3. The summed E-state index contributed by atoms with van der Waals surface area (Å²) in [5.74, 6) is -0.449. The third-order valence-corrected chi connectivity index (χ3v) is 5.76. The van der Waals surface area contributed by atoms with E-state index in [1.165, 1.54) is 18.7 Å². The number of anilines is 1. The van der Waals surface area contributed by atoms with Crippen molar-refractivity contribution in [3.63, 3.8) is 0 Å². The van der Waals surface area contributed by atoms with Crippen LogP contribution in [0.4, 0.5) is 5.69 Å². The van der Waals surface area contributed by atoms with E-state index in [-0.39, 0.29) is 17.1 Å². The molecule has 0 radical (unpaired) electrons. The predicted molar refractivity (Wildman–Crippen MR) is 107 cm³/mol. The molecule has 1 aliphatic heterocycles. The Morgan fingerprint density at radius 3 is 2.31 bits per heavy atom. The van der Waals surface area contributed by atoms with Gasteiger partial charge in [0.2, 0.25) is 0 Å². The van der Waals surface area contributed by atoms with Crippen LogP contribution in [0.5, 0.6) is 0 Å². The van der Waals surface area contributed by atoms with Gasteiger partial charge in [-0.05, 0) is 18.4 Å². The van der Waals surface area contributed by atoms with E-state index in [1.807, 2.05) is 42.3 Å². The highest BCUT2D eigenvalue weighted by Gasteiger charge is 2.31. The SMILES string of the molecule is CC(=O)C(C(=O)c1ccccc1)=C1Sc2ccc3ccccc3c2N1C. The number of Topliss-reactive ketones (excluding diaryl/α,β-unsaturated/α-hetero) is 2. The van der Waals surface area contributed by atoms with E-state index < -0.39 is 0 Å². The lowest BCUT2D eigenvalue weighted by atomic mass is 10.0. The molecule has 4 rings (SSSR count). The summed E-state index contributed by atoms with van der Waals surface area (Å²) in [4.78, 5) is 28.4. The summed E-state index contributed by atoms with van der Waals surface area (Å²) in [6, 6.07) is 21.2. The lowest BCUT2D eigenvalue weighted by Crippen LogP contribution is -2.20. The van der Waals surface area contributed by atoms with Crippen LogP contribution in [0.25, 0.3) is 10.8 Å². The maximum absolute atomic E-state index is 13.0. The van der Waals surface area contributed by atoms with Crippen LogP contribution < -0.4 is 4.90 Å². The Labute approximate surface area is 156 Å².